The lowest BCUT2D eigenvalue weighted by molar-refractivity contribution is -0.141. The fraction of sp³-hybridized carbons (Fsp3) is 0.278. The highest BCUT2D eigenvalue weighted by molar-refractivity contribution is 6.35. The van der Waals surface area contributed by atoms with Crippen molar-refractivity contribution >= 4 is 29.1 Å². The summed E-state index contributed by atoms with van der Waals surface area (Å²) in [5.41, 5.74) is 0.834. The quantitative estimate of drug-likeness (QED) is 0.797. The van der Waals surface area contributed by atoms with Crippen LogP contribution in [0, 0.1) is 5.82 Å². The third kappa shape index (κ3) is 4.63. The lowest BCUT2D eigenvalue weighted by Crippen LogP contribution is -2.44. The van der Waals surface area contributed by atoms with Crippen LogP contribution in [0.25, 0.3) is 0 Å². The smallest absolute Gasteiger partial charge is 0.260 e. The van der Waals surface area contributed by atoms with Crippen molar-refractivity contribution in [2.75, 3.05) is 26.3 Å². The molecule has 0 aromatic heterocycles. The van der Waals surface area contributed by atoms with E-state index >= 15 is 0 Å². The number of amides is 1. The van der Waals surface area contributed by atoms with Gasteiger partial charge in [-0.15, -0.1) is 0 Å². The number of hydrogen-bond acceptors (Lipinski definition) is 3. The van der Waals surface area contributed by atoms with Gasteiger partial charge in [0, 0.05) is 11.6 Å². The van der Waals surface area contributed by atoms with E-state index in [9.17, 15) is 9.18 Å². The lowest BCUT2D eigenvalue weighted by atomic mass is 10.1. The SMILES string of the molecule is O=C(COc1ccc(Cl)cc1Cl)N1CCO[C@@H](c2ccc(F)cc2)C1. The summed E-state index contributed by atoms with van der Waals surface area (Å²) in [6.45, 7) is 1.16. The van der Waals surface area contributed by atoms with E-state index in [0.717, 1.165) is 5.56 Å². The zero-order chi connectivity index (χ0) is 17.8. The second-order valence-electron chi connectivity index (χ2n) is 5.61. The van der Waals surface area contributed by atoms with Crippen LogP contribution in [0.4, 0.5) is 4.39 Å². The molecule has 1 atom stereocenters. The molecule has 1 fully saturated rings. The molecule has 3 rings (SSSR count). The molecule has 0 unspecified atom stereocenters. The Morgan fingerprint density at radius 3 is 2.72 bits per heavy atom. The number of ether oxygens (including phenoxy) is 2. The molecule has 0 spiro atoms. The number of hydrogen-bond donors (Lipinski definition) is 0. The number of morpholine rings is 1. The average Bonchev–Trinajstić information content (AvgIpc) is 2.61. The first kappa shape index (κ1) is 18.0. The van der Waals surface area contributed by atoms with Crippen molar-refractivity contribution in [1.82, 2.24) is 4.90 Å². The summed E-state index contributed by atoms with van der Waals surface area (Å²) in [6.07, 6.45) is -0.280. The summed E-state index contributed by atoms with van der Waals surface area (Å²) in [6, 6.07) is 10.9. The molecule has 2 aromatic rings. The van der Waals surface area contributed by atoms with Gasteiger partial charge in [-0.2, -0.15) is 0 Å². The Morgan fingerprint density at radius 1 is 1.24 bits per heavy atom. The Hall–Kier alpha value is -1.82. The van der Waals surface area contributed by atoms with Crippen molar-refractivity contribution in [3.05, 3.63) is 63.9 Å². The normalized spacial score (nSPS) is 17.4. The summed E-state index contributed by atoms with van der Waals surface area (Å²) in [5, 5.41) is 0.852. The van der Waals surface area contributed by atoms with E-state index in [1.165, 1.54) is 12.1 Å². The molecule has 0 aliphatic carbocycles. The fourth-order valence-electron chi connectivity index (χ4n) is 2.58. The van der Waals surface area contributed by atoms with Crippen molar-refractivity contribution in [3.63, 3.8) is 0 Å². The number of benzene rings is 2. The maximum Gasteiger partial charge on any atom is 0.260 e. The Labute approximate surface area is 155 Å². The summed E-state index contributed by atoms with van der Waals surface area (Å²) in [7, 11) is 0. The first-order valence-electron chi connectivity index (χ1n) is 7.75. The van der Waals surface area contributed by atoms with Crippen molar-refractivity contribution in [3.8, 4) is 5.75 Å². The van der Waals surface area contributed by atoms with Crippen LogP contribution in [0.1, 0.15) is 11.7 Å². The van der Waals surface area contributed by atoms with Crippen LogP contribution in [0.2, 0.25) is 10.0 Å². The van der Waals surface area contributed by atoms with Gasteiger partial charge in [0.25, 0.3) is 5.91 Å². The van der Waals surface area contributed by atoms with Gasteiger partial charge in [0.1, 0.15) is 17.7 Å². The van der Waals surface area contributed by atoms with E-state index in [2.05, 4.69) is 0 Å². The Balaban J connectivity index is 1.59. The molecule has 1 aliphatic heterocycles. The molecule has 2 aromatic carbocycles. The molecule has 0 saturated carbocycles. The number of rotatable bonds is 4. The van der Waals surface area contributed by atoms with Gasteiger partial charge in [-0.25, -0.2) is 4.39 Å². The molecular formula is C18H16Cl2FNO3. The molecule has 4 nitrogen and oxygen atoms in total. The van der Waals surface area contributed by atoms with Crippen LogP contribution < -0.4 is 4.74 Å². The minimum absolute atomic E-state index is 0.127. The van der Waals surface area contributed by atoms with Gasteiger partial charge in [0.05, 0.1) is 18.2 Å². The monoisotopic (exact) mass is 383 g/mol. The molecule has 25 heavy (non-hydrogen) atoms. The van der Waals surface area contributed by atoms with Crippen molar-refractivity contribution in [2.24, 2.45) is 0 Å². The van der Waals surface area contributed by atoms with Crippen LogP contribution in [0.15, 0.2) is 42.5 Å². The van der Waals surface area contributed by atoms with Gasteiger partial charge < -0.3 is 14.4 Å². The van der Waals surface area contributed by atoms with Crippen LogP contribution >= 0.6 is 23.2 Å². The Bertz CT molecular complexity index is 754. The zero-order valence-corrected chi connectivity index (χ0v) is 14.8. The molecule has 1 amide bonds. The van der Waals surface area contributed by atoms with E-state index in [0.29, 0.717) is 35.5 Å². The van der Waals surface area contributed by atoms with Gasteiger partial charge >= 0.3 is 0 Å². The number of nitrogens with zero attached hydrogens (tertiary/aromatic N) is 1. The fourth-order valence-corrected chi connectivity index (χ4v) is 3.04. The lowest BCUT2D eigenvalue weighted by Gasteiger charge is -2.33. The van der Waals surface area contributed by atoms with Gasteiger partial charge in [-0.3, -0.25) is 4.79 Å². The second-order valence-corrected chi connectivity index (χ2v) is 6.46. The van der Waals surface area contributed by atoms with E-state index in [1.807, 2.05) is 0 Å². The van der Waals surface area contributed by atoms with E-state index in [-0.39, 0.29) is 24.4 Å². The van der Waals surface area contributed by atoms with Crippen molar-refractivity contribution in [1.29, 1.82) is 0 Å². The van der Waals surface area contributed by atoms with E-state index < -0.39 is 0 Å². The predicted octanol–water partition coefficient (Wildman–Crippen LogP) is 4.11. The van der Waals surface area contributed by atoms with Crippen LogP contribution in [0.3, 0.4) is 0 Å². The van der Waals surface area contributed by atoms with Crippen molar-refractivity contribution in [2.45, 2.75) is 6.10 Å². The van der Waals surface area contributed by atoms with E-state index in [4.69, 9.17) is 32.7 Å². The van der Waals surface area contributed by atoms with Crippen molar-refractivity contribution < 1.29 is 18.7 Å². The molecule has 0 N–H and O–H groups in total. The highest BCUT2D eigenvalue weighted by atomic mass is 35.5. The number of carbonyl (C=O) groups is 1. The van der Waals surface area contributed by atoms with Gasteiger partial charge in [0.2, 0.25) is 0 Å². The summed E-state index contributed by atoms with van der Waals surface area (Å²) in [4.78, 5) is 14.1. The Morgan fingerprint density at radius 2 is 2.00 bits per heavy atom. The summed E-state index contributed by atoms with van der Waals surface area (Å²) in [5.74, 6) is -0.0649. The highest BCUT2D eigenvalue weighted by Crippen LogP contribution is 2.28. The topological polar surface area (TPSA) is 38.8 Å². The first-order chi connectivity index (χ1) is 12.0. The molecule has 7 heteroatoms. The summed E-state index contributed by atoms with van der Waals surface area (Å²) >= 11 is 11.9. The van der Waals surface area contributed by atoms with E-state index in [1.54, 1.807) is 35.2 Å². The molecule has 132 valence electrons. The summed E-state index contributed by atoms with van der Waals surface area (Å²) < 4.78 is 24.2. The second kappa shape index (κ2) is 8.04. The first-order valence-corrected chi connectivity index (χ1v) is 8.51. The minimum atomic E-state index is -0.305. The Kier molecular flexibility index (Phi) is 5.78. The highest BCUT2D eigenvalue weighted by Gasteiger charge is 2.25. The van der Waals surface area contributed by atoms with Crippen LogP contribution in [-0.2, 0) is 9.53 Å². The molecule has 1 saturated heterocycles. The molecular weight excluding hydrogens is 368 g/mol. The van der Waals surface area contributed by atoms with Gasteiger partial charge in [-0.05, 0) is 35.9 Å². The predicted molar refractivity (Wildman–Crippen MR) is 93.6 cm³/mol. The minimum Gasteiger partial charge on any atom is -0.482 e. The standard InChI is InChI=1S/C18H16Cl2FNO3/c19-13-3-6-16(15(20)9-13)25-11-18(23)22-7-8-24-17(10-22)12-1-4-14(21)5-2-12/h1-6,9,17H,7-8,10-11H2/t17-/m1/s1. The zero-order valence-electron chi connectivity index (χ0n) is 13.3. The third-order valence-corrected chi connectivity index (χ3v) is 4.44. The van der Waals surface area contributed by atoms with Gasteiger partial charge in [0.15, 0.2) is 6.61 Å². The van der Waals surface area contributed by atoms with Crippen LogP contribution in [0.5, 0.6) is 5.75 Å². The molecule has 0 bridgehead atoms. The van der Waals surface area contributed by atoms with Crippen LogP contribution in [-0.4, -0.2) is 37.1 Å². The molecule has 0 radical (unpaired) electrons. The van der Waals surface area contributed by atoms with Gasteiger partial charge in [-0.1, -0.05) is 35.3 Å². The average molecular weight is 384 g/mol. The number of halogens is 3. The number of carbonyl (C=O) groups excluding carboxylic acids is 1. The largest absolute Gasteiger partial charge is 0.482 e. The maximum atomic E-state index is 13.0. The third-order valence-electron chi connectivity index (χ3n) is 3.91. The molecule has 1 heterocycles. The molecule has 1 aliphatic rings. The maximum absolute atomic E-state index is 13.0.